The van der Waals surface area contributed by atoms with Crippen LogP contribution in [-0.2, 0) is 6.42 Å². The largest absolute Gasteiger partial charge is 0.314 e. The normalized spacial score (nSPS) is 27.6. The molecule has 1 N–H and O–H groups in total. The van der Waals surface area contributed by atoms with Crippen LogP contribution in [0.25, 0.3) is 0 Å². The smallest absolute Gasteiger partial charge is 0.162 e. The van der Waals surface area contributed by atoms with Crippen LogP contribution in [0.5, 0.6) is 0 Å². The van der Waals surface area contributed by atoms with Gasteiger partial charge >= 0.3 is 0 Å². The summed E-state index contributed by atoms with van der Waals surface area (Å²) < 4.78 is 27.3. The fourth-order valence-corrected chi connectivity index (χ4v) is 3.57. The molecule has 0 amide bonds. The highest BCUT2D eigenvalue weighted by Gasteiger charge is 2.30. The predicted octanol–water partition coefficient (Wildman–Crippen LogP) is 4.56. The van der Waals surface area contributed by atoms with Gasteiger partial charge < -0.3 is 5.32 Å². The highest BCUT2D eigenvalue weighted by Crippen LogP contribution is 2.36. The molecule has 3 heteroatoms. The molecular weight excluding hydrogens is 268 g/mol. The summed E-state index contributed by atoms with van der Waals surface area (Å²) in [5.41, 5.74) is 0.493. The molecule has 1 fully saturated rings. The van der Waals surface area contributed by atoms with Gasteiger partial charge in [0.1, 0.15) is 0 Å². The molecule has 1 aliphatic carbocycles. The van der Waals surface area contributed by atoms with E-state index in [1.54, 1.807) is 12.1 Å². The van der Waals surface area contributed by atoms with Crippen molar-refractivity contribution in [3.8, 4) is 0 Å². The SMILES string of the molecule is CCNC(Cc1cccc(F)c1F)C1CCC(C)C(C)C1. The van der Waals surface area contributed by atoms with Crippen LogP contribution < -0.4 is 5.32 Å². The number of nitrogens with one attached hydrogen (secondary N) is 1. The van der Waals surface area contributed by atoms with Crippen molar-refractivity contribution in [2.24, 2.45) is 17.8 Å². The lowest BCUT2D eigenvalue weighted by molar-refractivity contribution is 0.170. The van der Waals surface area contributed by atoms with E-state index >= 15 is 0 Å². The third-order valence-corrected chi connectivity index (χ3v) is 5.15. The Kier molecular flexibility index (Phi) is 5.74. The third kappa shape index (κ3) is 4.03. The van der Waals surface area contributed by atoms with Crippen LogP contribution in [0, 0.1) is 29.4 Å². The fraction of sp³-hybridized carbons (Fsp3) is 0.667. The van der Waals surface area contributed by atoms with Crippen molar-refractivity contribution in [2.75, 3.05) is 6.54 Å². The van der Waals surface area contributed by atoms with Crippen molar-refractivity contribution in [1.29, 1.82) is 0 Å². The quantitative estimate of drug-likeness (QED) is 0.840. The Labute approximate surface area is 127 Å². The zero-order chi connectivity index (χ0) is 15.4. The average Bonchev–Trinajstić information content (AvgIpc) is 2.46. The summed E-state index contributed by atoms with van der Waals surface area (Å²) in [6, 6.07) is 4.73. The lowest BCUT2D eigenvalue weighted by Crippen LogP contribution is -2.41. The number of likely N-dealkylation sites (N-methyl/N-ethyl adjacent to an activating group) is 1. The van der Waals surface area contributed by atoms with Gasteiger partial charge in [0.15, 0.2) is 11.6 Å². The summed E-state index contributed by atoms with van der Waals surface area (Å²) in [6.07, 6.45) is 4.17. The summed E-state index contributed by atoms with van der Waals surface area (Å²) in [5, 5.41) is 3.49. The summed E-state index contributed by atoms with van der Waals surface area (Å²) >= 11 is 0. The summed E-state index contributed by atoms with van der Waals surface area (Å²) in [7, 11) is 0. The molecule has 0 spiro atoms. The Morgan fingerprint density at radius 2 is 1.95 bits per heavy atom. The minimum absolute atomic E-state index is 0.237. The second-order valence-electron chi connectivity index (χ2n) is 6.61. The van der Waals surface area contributed by atoms with Gasteiger partial charge in [-0.1, -0.05) is 39.3 Å². The summed E-state index contributed by atoms with van der Waals surface area (Å²) in [6.45, 7) is 7.56. The van der Waals surface area contributed by atoms with Crippen molar-refractivity contribution in [2.45, 2.75) is 52.5 Å². The van der Waals surface area contributed by atoms with Crippen molar-refractivity contribution < 1.29 is 8.78 Å². The Morgan fingerprint density at radius 1 is 1.19 bits per heavy atom. The topological polar surface area (TPSA) is 12.0 Å². The maximum absolute atomic E-state index is 13.9. The van der Waals surface area contributed by atoms with Gasteiger partial charge in [-0.25, -0.2) is 8.78 Å². The molecule has 1 aliphatic rings. The van der Waals surface area contributed by atoms with E-state index in [0.29, 0.717) is 23.8 Å². The first-order valence-corrected chi connectivity index (χ1v) is 8.19. The summed E-state index contributed by atoms with van der Waals surface area (Å²) in [5.74, 6) is 0.613. The zero-order valence-corrected chi connectivity index (χ0v) is 13.3. The number of halogens is 2. The average molecular weight is 295 g/mol. The molecule has 118 valence electrons. The zero-order valence-electron chi connectivity index (χ0n) is 13.3. The molecular formula is C18H27F2N. The second kappa shape index (κ2) is 7.35. The fourth-order valence-electron chi connectivity index (χ4n) is 3.57. The van der Waals surface area contributed by atoms with Crippen molar-refractivity contribution in [1.82, 2.24) is 5.32 Å². The van der Waals surface area contributed by atoms with Crippen LogP contribution in [-0.4, -0.2) is 12.6 Å². The monoisotopic (exact) mass is 295 g/mol. The van der Waals surface area contributed by atoms with Gasteiger partial charge in [0.2, 0.25) is 0 Å². The van der Waals surface area contributed by atoms with Crippen molar-refractivity contribution >= 4 is 0 Å². The van der Waals surface area contributed by atoms with Crippen LogP contribution >= 0.6 is 0 Å². The molecule has 0 aromatic heterocycles. The van der Waals surface area contributed by atoms with Gasteiger partial charge in [-0.15, -0.1) is 0 Å². The van der Waals surface area contributed by atoms with Crippen LogP contribution in [0.3, 0.4) is 0 Å². The molecule has 0 heterocycles. The van der Waals surface area contributed by atoms with E-state index < -0.39 is 11.6 Å². The van der Waals surface area contributed by atoms with Gasteiger partial charge in [-0.3, -0.25) is 0 Å². The molecule has 21 heavy (non-hydrogen) atoms. The van der Waals surface area contributed by atoms with Gasteiger partial charge in [0.25, 0.3) is 0 Å². The number of hydrogen-bond donors (Lipinski definition) is 1. The van der Waals surface area contributed by atoms with E-state index in [1.165, 1.54) is 25.3 Å². The Hall–Kier alpha value is -0.960. The second-order valence-corrected chi connectivity index (χ2v) is 6.61. The van der Waals surface area contributed by atoms with Gasteiger partial charge in [0.05, 0.1) is 0 Å². The van der Waals surface area contributed by atoms with Crippen LogP contribution in [0.4, 0.5) is 8.78 Å². The van der Waals surface area contributed by atoms with Gasteiger partial charge in [0, 0.05) is 6.04 Å². The number of rotatable bonds is 5. The highest BCUT2D eigenvalue weighted by molar-refractivity contribution is 5.20. The standard InChI is InChI=1S/C18H27F2N/c1-4-21-17(14-9-8-12(2)13(3)10-14)11-15-6-5-7-16(19)18(15)20/h5-7,12-14,17,21H,4,8-11H2,1-3H3. The van der Waals surface area contributed by atoms with E-state index in [2.05, 4.69) is 26.1 Å². The molecule has 1 saturated carbocycles. The lowest BCUT2D eigenvalue weighted by atomic mass is 9.72. The maximum Gasteiger partial charge on any atom is 0.162 e. The van der Waals surface area contributed by atoms with E-state index in [4.69, 9.17) is 0 Å². The molecule has 4 unspecified atom stereocenters. The first kappa shape index (κ1) is 16.4. The van der Waals surface area contributed by atoms with Crippen LogP contribution in [0.2, 0.25) is 0 Å². The first-order chi connectivity index (χ1) is 10.0. The third-order valence-electron chi connectivity index (χ3n) is 5.15. The van der Waals surface area contributed by atoms with E-state index in [0.717, 1.165) is 12.5 Å². The number of benzene rings is 1. The molecule has 4 atom stereocenters. The highest BCUT2D eigenvalue weighted by atomic mass is 19.2. The van der Waals surface area contributed by atoms with Crippen molar-refractivity contribution in [3.63, 3.8) is 0 Å². The molecule has 0 saturated heterocycles. The summed E-state index contributed by atoms with van der Waals surface area (Å²) in [4.78, 5) is 0. The molecule has 1 nitrogen and oxygen atoms in total. The Morgan fingerprint density at radius 3 is 2.62 bits per heavy atom. The molecule has 0 aliphatic heterocycles. The first-order valence-electron chi connectivity index (χ1n) is 8.19. The number of hydrogen-bond acceptors (Lipinski definition) is 1. The van der Waals surface area contributed by atoms with Crippen LogP contribution in [0.1, 0.15) is 45.6 Å². The molecule has 1 aromatic rings. The van der Waals surface area contributed by atoms with Gasteiger partial charge in [-0.05, 0) is 55.2 Å². The maximum atomic E-state index is 13.9. The lowest BCUT2D eigenvalue weighted by Gasteiger charge is -2.37. The minimum Gasteiger partial charge on any atom is -0.314 e. The molecule has 2 rings (SSSR count). The Bertz CT molecular complexity index is 461. The van der Waals surface area contributed by atoms with E-state index in [1.807, 2.05) is 0 Å². The van der Waals surface area contributed by atoms with Crippen LogP contribution in [0.15, 0.2) is 18.2 Å². The minimum atomic E-state index is -0.742. The van der Waals surface area contributed by atoms with E-state index in [9.17, 15) is 8.78 Å². The molecule has 0 radical (unpaired) electrons. The molecule has 0 bridgehead atoms. The molecule has 1 aromatic carbocycles. The predicted molar refractivity (Wildman–Crippen MR) is 83.2 cm³/mol. The van der Waals surface area contributed by atoms with E-state index in [-0.39, 0.29) is 6.04 Å². The van der Waals surface area contributed by atoms with Crippen molar-refractivity contribution in [3.05, 3.63) is 35.4 Å². The Balaban J connectivity index is 2.10. The van der Waals surface area contributed by atoms with Gasteiger partial charge in [-0.2, -0.15) is 0 Å².